The molecule has 0 atom stereocenters. The summed E-state index contributed by atoms with van der Waals surface area (Å²) in [6, 6.07) is 1.91. The lowest BCUT2D eigenvalue weighted by Gasteiger charge is -2.31. The Hall–Kier alpha value is -1.36. The van der Waals surface area contributed by atoms with Gasteiger partial charge in [0.1, 0.15) is 0 Å². The van der Waals surface area contributed by atoms with E-state index < -0.39 is 0 Å². The number of rotatable bonds is 3. The molecule has 1 aliphatic heterocycles. The van der Waals surface area contributed by atoms with Gasteiger partial charge in [-0.1, -0.05) is 15.9 Å². The topological polar surface area (TPSA) is 46.6 Å². The standard InChI is InChI=1S/C18H24BrNO3/c1-5-23-18(22)14-6-8-20(9-7-14)17(21)15-10-16(19)13(4)11(2)12(15)3/h10,14H,5-9H2,1-4H3. The molecule has 0 bridgehead atoms. The summed E-state index contributed by atoms with van der Waals surface area (Å²) in [5, 5.41) is 0. The van der Waals surface area contributed by atoms with Gasteiger partial charge in [-0.15, -0.1) is 0 Å². The number of piperidine rings is 1. The lowest BCUT2D eigenvalue weighted by atomic mass is 9.94. The smallest absolute Gasteiger partial charge is 0.309 e. The third-order valence-corrected chi connectivity index (χ3v) is 5.61. The minimum absolute atomic E-state index is 0.0496. The van der Waals surface area contributed by atoms with E-state index in [2.05, 4.69) is 15.9 Å². The van der Waals surface area contributed by atoms with Crippen LogP contribution in [0.4, 0.5) is 0 Å². The molecule has 2 rings (SSSR count). The molecular weight excluding hydrogens is 358 g/mol. The van der Waals surface area contributed by atoms with Gasteiger partial charge >= 0.3 is 5.97 Å². The maximum Gasteiger partial charge on any atom is 0.309 e. The zero-order valence-corrected chi connectivity index (χ0v) is 15.8. The van der Waals surface area contributed by atoms with E-state index >= 15 is 0 Å². The predicted octanol–water partition coefficient (Wildman–Crippen LogP) is 3.79. The van der Waals surface area contributed by atoms with Crippen LogP contribution in [0.1, 0.15) is 46.8 Å². The van der Waals surface area contributed by atoms with Gasteiger partial charge in [-0.25, -0.2) is 0 Å². The van der Waals surface area contributed by atoms with Crippen LogP contribution in [0.2, 0.25) is 0 Å². The van der Waals surface area contributed by atoms with Crippen LogP contribution in [0, 0.1) is 26.7 Å². The van der Waals surface area contributed by atoms with Crippen molar-refractivity contribution < 1.29 is 14.3 Å². The Morgan fingerprint density at radius 1 is 1.17 bits per heavy atom. The van der Waals surface area contributed by atoms with E-state index in [1.807, 2.05) is 38.7 Å². The Labute approximate surface area is 146 Å². The highest BCUT2D eigenvalue weighted by Gasteiger charge is 2.29. The van der Waals surface area contributed by atoms with E-state index in [1.165, 1.54) is 5.56 Å². The molecule has 1 aromatic rings. The van der Waals surface area contributed by atoms with Gasteiger partial charge < -0.3 is 9.64 Å². The average molecular weight is 382 g/mol. The highest BCUT2D eigenvalue weighted by Crippen LogP contribution is 2.28. The lowest BCUT2D eigenvalue weighted by molar-refractivity contribution is -0.149. The molecule has 0 unspecified atom stereocenters. The molecule has 1 aromatic carbocycles. The normalized spacial score (nSPS) is 15.6. The van der Waals surface area contributed by atoms with Crippen LogP contribution < -0.4 is 0 Å². The number of likely N-dealkylation sites (tertiary alicyclic amines) is 1. The number of benzene rings is 1. The average Bonchev–Trinajstić information content (AvgIpc) is 2.56. The summed E-state index contributed by atoms with van der Waals surface area (Å²) in [4.78, 5) is 26.5. The summed E-state index contributed by atoms with van der Waals surface area (Å²) in [6.45, 7) is 9.52. The number of nitrogens with zero attached hydrogens (tertiary/aromatic N) is 1. The first-order chi connectivity index (χ1) is 10.9. The van der Waals surface area contributed by atoms with E-state index in [0.29, 0.717) is 32.5 Å². The van der Waals surface area contributed by atoms with Crippen LogP contribution >= 0.6 is 15.9 Å². The second-order valence-corrected chi connectivity index (χ2v) is 6.95. The van der Waals surface area contributed by atoms with Gasteiger partial charge in [0, 0.05) is 23.1 Å². The van der Waals surface area contributed by atoms with Gasteiger partial charge in [-0.3, -0.25) is 9.59 Å². The molecule has 1 amide bonds. The Bertz CT molecular complexity index is 619. The van der Waals surface area contributed by atoms with Crippen LogP contribution in [-0.4, -0.2) is 36.5 Å². The molecule has 126 valence electrons. The summed E-state index contributed by atoms with van der Waals surface area (Å²) in [5.74, 6) is -0.162. The Kier molecular flexibility index (Phi) is 5.84. The summed E-state index contributed by atoms with van der Waals surface area (Å²) in [6.07, 6.45) is 1.35. The molecule has 0 aliphatic carbocycles. The monoisotopic (exact) mass is 381 g/mol. The van der Waals surface area contributed by atoms with E-state index in [9.17, 15) is 9.59 Å². The Balaban J connectivity index is 2.10. The molecule has 4 nitrogen and oxygen atoms in total. The number of esters is 1. The van der Waals surface area contributed by atoms with E-state index in [1.54, 1.807) is 0 Å². The fourth-order valence-corrected chi connectivity index (χ4v) is 3.50. The maximum atomic E-state index is 12.8. The molecular formula is C18H24BrNO3. The maximum absolute atomic E-state index is 12.8. The second-order valence-electron chi connectivity index (χ2n) is 6.10. The van der Waals surface area contributed by atoms with Crippen molar-refractivity contribution in [2.45, 2.75) is 40.5 Å². The summed E-state index contributed by atoms with van der Waals surface area (Å²) < 4.78 is 6.04. The van der Waals surface area contributed by atoms with E-state index in [0.717, 1.165) is 21.2 Å². The van der Waals surface area contributed by atoms with Gasteiger partial charge in [0.2, 0.25) is 0 Å². The number of carbonyl (C=O) groups excluding carboxylic acids is 2. The summed E-state index contributed by atoms with van der Waals surface area (Å²) >= 11 is 3.54. The van der Waals surface area contributed by atoms with Crippen LogP contribution in [0.15, 0.2) is 10.5 Å². The van der Waals surface area contributed by atoms with E-state index in [4.69, 9.17) is 4.74 Å². The fraction of sp³-hybridized carbons (Fsp3) is 0.556. The number of halogens is 1. The number of amides is 1. The minimum Gasteiger partial charge on any atom is -0.466 e. The van der Waals surface area contributed by atoms with E-state index in [-0.39, 0.29) is 17.8 Å². The second kappa shape index (κ2) is 7.47. The zero-order chi connectivity index (χ0) is 17.1. The molecule has 1 fully saturated rings. The molecule has 23 heavy (non-hydrogen) atoms. The van der Waals surface area contributed by atoms with Gasteiger partial charge in [-0.2, -0.15) is 0 Å². The molecule has 5 heteroatoms. The Morgan fingerprint density at radius 3 is 2.35 bits per heavy atom. The summed E-state index contributed by atoms with van der Waals surface area (Å²) in [5.41, 5.74) is 4.09. The van der Waals surface area contributed by atoms with Crippen molar-refractivity contribution in [3.63, 3.8) is 0 Å². The van der Waals surface area contributed by atoms with Gasteiger partial charge in [0.05, 0.1) is 12.5 Å². The largest absolute Gasteiger partial charge is 0.466 e. The number of hydrogen-bond acceptors (Lipinski definition) is 3. The molecule has 0 spiro atoms. The molecule has 0 N–H and O–H groups in total. The third-order valence-electron chi connectivity index (χ3n) is 4.79. The van der Waals surface area contributed by atoms with Crippen LogP contribution in [-0.2, 0) is 9.53 Å². The molecule has 1 aliphatic rings. The molecule has 0 radical (unpaired) electrons. The molecule has 1 heterocycles. The van der Waals surface area contributed by atoms with Crippen molar-refractivity contribution in [1.29, 1.82) is 0 Å². The number of carbonyl (C=O) groups is 2. The SMILES string of the molecule is CCOC(=O)C1CCN(C(=O)c2cc(Br)c(C)c(C)c2C)CC1. The van der Waals surface area contributed by atoms with Gasteiger partial charge in [-0.05, 0) is 63.3 Å². The van der Waals surface area contributed by atoms with Crippen LogP contribution in [0.3, 0.4) is 0 Å². The predicted molar refractivity (Wildman–Crippen MR) is 93.6 cm³/mol. The minimum atomic E-state index is -0.135. The van der Waals surface area contributed by atoms with Crippen molar-refractivity contribution in [2.24, 2.45) is 5.92 Å². The van der Waals surface area contributed by atoms with Crippen LogP contribution in [0.25, 0.3) is 0 Å². The first-order valence-corrected chi connectivity index (χ1v) is 8.88. The van der Waals surface area contributed by atoms with Crippen molar-refractivity contribution in [3.8, 4) is 0 Å². The lowest BCUT2D eigenvalue weighted by Crippen LogP contribution is -2.41. The molecule has 0 saturated carbocycles. The van der Waals surface area contributed by atoms with Gasteiger partial charge in [0.25, 0.3) is 5.91 Å². The highest BCUT2D eigenvalue weighted by atomic mass is 79.9. The first-order valence-electron chi connectivity index (χ1n) is 8.09. The summed E-state index contributed by atoms with van der Waals surface area (Å²) in [7, 11) is 0. The van der Waals surface area contributed by atoms with Crippen molar-refractivity contribution in [2.75, 3.05) is 19.7 Å². The fourth-order valence-electron chi connectivity index (χ4n) is 2.98. The molecule has 0 aromatic heterocycles. The Morgan fingerprint density at radius 2 is 1.78 bits per heavy atom. The highest BCUT2D eigenvalue weighted by molar-refractivity contribution is 9.10. The number of ether oxygens (including phenoxy) is 1. The van der Waals surface area contributed by atoms with Crippen molar-refractivity contribution in [1.82, 2.24) is 4.90 Å². The first kappa shape index (κ1) is 18.0. The molecule has 1 saturated heterocycles. The van der Waals surface area contributed by atoms with Crippen LogP contribution in [0.5, 0.6) is 0 Å². The quantitative estimate of drug-likeness (QED) is 0.748. The number of hydrogen-bond donors (Lipinski definition) is 0. The third kappa shape index (κ3) is 3.77. The van der Waals surface area contributed by atoms with Crippen molar-refractivity contribution in [3.05, 3.63) is 32.8 Å². The van der Waals surface area contributed by atoms with Gasteiger partial charge in [0.15, 0.2) is 0 Å². The zero-order valence-electron chi connectivity index (χ0n) is 14.2. The van der Waals surface area contributed by atoms with Crippen molar-refractivity contribution >= 4 is 27.8 Å².